The van der Waals surface area contributed by atoms with Crippen LogP contribution in [0.25, 0.3) is 0 Å². The number of aromatic nitrogens is 1. The van der Waals surface area contributed by atoms with E-state index in [4.69, 9.17) is 0 Å². The highest BCUT2D eigenvalue weighted by atomic mass is 32.1. The monoisotopic (exact) mass is 363 g/mol. The zero-order valence-corrected chi connectivity index (χ0v) is 15.7. The van der Waals surface area contributed by atoms with Gasteiger partial charge >= 0.3 is 0 Å². The normalized spacial score (nSPS) is 18.0. The number of hydrogen-bond donors (Lipinski definition) is 1. The maximum atomic E-state index is 12.6. The minimum Gasteiger partial charge on any atom is -0.326 e. The molecule has 0 aliphatic carbocycles. The van der Waals surface area contributed by atoms with Crippen LogP contribution in [-0.2, 0) is 10.2 Å². The number of nitrogens with zero attached hydrogens (tertiary/aromatic N) is 2. The molecule has 0 saturated carbocycles. The Balaban J connectivity index is 1.70. The molecule has 1 atom stereocenters. The van der Waals surface area contributed by atoms with Crippen molar-refractivity contribution in [2.45, 2.75) is 45.1 Å². The molecular weight excluding hydrogens is 342 g/mol. The zero-order chi connectivity index (χ0) is 17.3. The average molecular weight is 364 g/mol. The third kappa shape index (κ3) is 3.52. The van der Waals surface area contributed by atoms with Gasteiger partial charge in [-0.25, -0.2) is 4.98 Å². The Morgan fingerprint density at radius 3 is 2.75 bits per heavy atom. The van der Waals surface area contributed by atoms with Crippen LogP contribution in [-0.4, -0.2) is 34.3 Å². The molecule has 1 aliphatic rings. The first kappa shape index (κ1) is 17.1. The smallest absolute Gasteiger partial charge is 0.264 e. The summed E-state index contributed by atoms with van der Waals surface area (Å²) in [6.07, 6.45) is 1.54. The standard InChI is InChI=1S/C17H21N3O2S2/c1-17(2,3)13-10-24-16(18-13)19-14(21)11-6-4-8-20(11)15(22)12-7-5-9-23-12/h5,7,9-11H,4,6,8H2,1-3H3,(H,18,19,21). The maximum Gasteiger partial charge on any atom is 0.264 e. The van der Waals surface area contributed by atoms with Crippen molar-refractivity contribution in [3.63, 3.8) is 0 Å². The van der Waals surface area contributed by atoms with E-state index in [0.29, 0.717) is 23.0 Å². The van der Waals surface area contributed by atoms with Crippen LogP contribution in [0.15, 0.2) is 22.9 Å². The molecule has 3 rings (SSSR count). The number of likely N-dealkylation sites (tertiary alicyclic amines) is 1. The Morgan fingerprint density at radius 2 is 2.12 bits per heavy atom. The molecule has 0 aromatic carbocycles. The van der Waals surface area contributed by atoms with E-state index in [1.165, 1.54) is 22.7 Å². The van der Waals surface area contributed by atoms with Crippen molar-refractivity contribution in [1.82, 2.24) is 9.88 Å². The van der Waals surface area contributed by atoms with Gasteiger partial charge in [0.15, 0.2) is 5.13 Å². The Morgan fingerprint density at radius 1 is 1.33 bits per heavy atom. The van der Waals surface area contributed by atoms with Crippen LogP contribution in [0.4, 0.5) is 5.13 Å². The number of thiazole rings is 1. The lowest BCUT2D eigenvalue weighted by Crippen LogP contribution is -2.42. The van der Waals surface area contributed by atoms with Crippen molar-refractivity contribution in [1.29, 1.82) is 0 Å². The molecular formula is C17H21N3O2S2. The maximum absolute atomic E-state index is 12.6. The van der Waals surface area contributed by atoms with E-state index in [2.05, 4.69) is 31.1 Å². The largest absolute Gasteiger partial charge is 0.326 e. The molecule has 2 amide bonds. The van der Waals surface area contributed by atoms with E-state index in [1.807, 2.05) is 16.8 Å². The predicted octanol–water partition coefficient (Wildman–Crippen LogP) is 3.75. The van der Waals surface area contributed by atoms with Gasteiger partial charge in [0.05, 0.1) is 10.6 Å². The Labute approximate surface area is 149 Å². The molecule has 1 unspecified atom stereocenters. The summed E-state index contributed by atoms with van der Waals surface area (Å²) in [6, 6.07) is 3.24. The van der Waals surface area contributed by atoms with Gasteiger partial charge in [-0.3, -0.25) is 9.59 Å². The molecule has 2 aromatic rings. The fraction of sp³-hybridized carbons (Fsp3) is 0.471. The Hall–Kier alpha value is -1.73. The summed E-state index contributed by atoms with van der Waals surface area (Å²) in [6.45, 7) is 6.89. The molecule has 0 bridgehead atoms. The second kappa shape index (κ2) is 6.64. The minimum atomic E-state index is -0.415. The first-order chi connectivity index (χ1) is 11.4. The lowest BCUT2D eigenvalue weighted by molar-refractivity contribution is -0.119. The van der Waals surface area contributed by atoms with Crippen LogP contribution in [0.1, 0.15) is 49.0 Å². The van der Waals surface area contributed by atoms with E-state index in [9.17, 15) is 9.59 Å². The molecule has 7 heteroatoms. The molecule has 1 aliphatic heterocycles. The number of carbonyl (C=O) groups excluding carboxylic acids is 2. The predicted molar refractivity (Wildman–Crippen MR) is 97.8 cm³/mol. The summed E-state index contributed by atoms with van der Waals surface area (Å²) in [5.41, 5.74) is 0.911. The lowest BCUT2D eigenvalue weighted by atomic mass is 9.93. The van der Waals surface area contributed by atoms with E-state index >= 15 is 0 Å². The van der Waals surface area contributed by atoms with Gasteiger partial charge in [0.1, 0.15) is 6.04 Å². The van der Waals surface area contributed by atoms with Crippen molar-refractivity contribution < 1.29 is 9.59 Å². The minimum absolute atomic E-state index is 0.0476. The van der Waals surface area contributed by atoms with Gasteiger partial charge in [-0.05, 0) is 24.3 Å². The molecule has 128 valence electrons. The Kier molecular flexibility index (Phi) is 4.73. The van der Waals surface area contributed by atoms with Crippen molar-refractivity contribution in [2.24, 2.45) is 0 Å². The molecule has 0 spiro atoms. The number of nitrogens with one attached hydrogen (secondary N) is 1. The molecule has 24 heavy (non-hydrogen) atoms. The second-order valence-corrected chi connectivity index (χ2v) is 8.72. The summed E-state index contributed by atoms with van der Waals surface area (Å²) in [7, 11) is 0. The van der Waals surface area contributed by atoms with Crippen molar-refractivity contribution in [2.75, 3.05) is 11.9 Å². The van der Waals surface area contributed by atoms with Crippen LogP contribution in [0.2, 0.25) is 0 Å². The summed E-state index contributed by atoms with van der Waals surface area (Å²) < 4.78 is 0. The van der Waals surface area contributed by atoms with Crippen LogP contribution in [0.5, 0.6) is 0 Å². The van der Waals surface area contributed by atoms with Gasteiger partial charge in [-0.2, -0.15) is 0 Å². The molecule has 3 heterocycles. The van der Waals surface area contributed by atoms with E-state index in [0.717, 1.165) is 12.1 Å². The van der Waals surface area contributed by atoms with Crippen LogP contribution >= 0.6 is 22.7 Å². The third-order valence-corrected chi connectivity index (χ3v) is 5.67. The number of hydrogen-bond acceptors (Lipinski definition) is 5. The second-order valence-electron chi connectivity index (χ2n) is 6.91. The van der Waals surface area contributed by atoms with Gasteiger partial charge in [0.2, 0.25) is 5.91 Å². The van der Waals surface area contributed by atoms with Gasteiger partial charge in [-0.1, -0.05) is 26.8 Å². The Bertz CT molecular complexity index is 731. The summed E-state index contributed by atoms with van der Waals surface area (Å²) in [4.78, 5) is 32.0. The number of thiophene rings is 1. The lowest BCUT2D eigenvalue weighted by Gasteiger charge is -2.23. The SMILES string of the molecule is CC(C)(C)c1csc(NC(=O)C2CCCN2C(=O)c2cccs2)n1. The van der Waals surface area contributed by atoms with Gasteiger partial charge in [0.25, 0.3) is 5.91 Å². The number of carbonyl (C=O) groups is 2. The van der Waals surface area contributed by atoms with Crippen molar-refractivity contribution >= 4 is 39.6 Å². The van der Waals surface area contributed by atoms with Gasteiger partial charge in [0, 0.05) is 17.3 Å². The van der Waals surface area contributed by atoms with E-state index in [1.54, 1.807) is 11.0 Å². The van der Waals surface area contributed by atoms with Gasteiger partial charge < -0.3 is 10.2 Å². The molecule has 1 saturated heterocycles. The molecule has 5 nitrogen and oxygen atoms in total. The summed E-state index contributed by atoms with van der Waals surface area (Å²) in [5, 5.41) is 7.33. The average Bonchev–Trinajstić information content (AvgIpc) is 3.26. The topological polar surface area (TPSA) is 62.3 Å². The number of anilines is 1. The molecule has 1 fully saturated rings. The van der Waals surface area contributed by atoms with Crippen LogP contribution in [0.3, 0.4) is 0 Å². The quantitative estimate of drug-likeness (QED) is 0.903. The molecule has 2 aromatic heterocycles. The highest BCUT2D eigenvalue weighted by Gasteiger charge is 2.35. The molecule has 1 N–H and O–H groups in total. The van der Waals surface area contributed by atoms with Crippen LogP contribution < -0.4 is 5.32 Å². The van der Waals surface area contributed by atoms with Crippen LogP contribution in [0, 0.1) is 0 Å². The summed E-state index contributed by atoms with van der Waals surface area (Å²) >= 11 is 2.83. The third-order valence-electron chi connectivity index (χ3n) is 4.05. The fourth-order valence-electron chi connectivity index (χ4n) is 2.69. The summed E-state index contributed by atoms with van der Waals surface area (Å²) in [5.74, 6) is -0.204. The van der Waals surface area contributed by atoms with Crippen molar-refractivity contribution in [3.8, 4) is 0 Å². The van der Waals surface area contributed by atoms with E-state index in [-0.39, 0.29) is 17.2 Å². The fourth-order valence-corrected chi connectivity index (χ4v) is 4.31. The number of amides is 2. The number of rotatable bonds is 3. The highest BCUT2D eigenvalue weighted by molar-refractivity contribution is 7.14. The first-order valence-corrected chi connectivity index (χ1v) is 9.73. The van der Waals surface area contributed by atoms with E-state index < -0.39 is 6.04 Å². The zero-order valence-electron chi connectivity index (χ0n) is 14.0. The van der Waals surface area contributed by atoms with Gasteiger partial charge in [-0.15, -0.1) is 22.7 Å². The first-order valence-electron chi connectivity index (χ1n) is 7.97. The molecule has 0 radical (unpaired) electrons. The highest BCUT2D eigenvalue weighted by Crippen LogP contribution is 2.28. The van der Waals surface area contributed by atoms with Crippen molar-refractivity contribution in [3.05, 3.63) is 33.5 Å².